The van der Waals surface area contributed by atoms with Crippen LogP contribution in [-0.4, -0.2) is 29.5 Å². The van der Waals surface area contributed by atoms with Gasteiger partial charge in [0.2, 0.25) is 0 Å². The number of rotatable bonds is 5. The Kier molecular flexibility index (Phi) is 5.44. The molecular weight excluding hydrogens is 250 g/mol. The van der Waals surface area contributed by atoms with Crippen LogP contribution in [0.4, 0.5) is 0 Å². The van der Waals surface area contributed by atoms with Crippen molar-refractivity contribution in [3.05, 3.63) is 34.3 Å². The molecule has 0 saturated heterocycles. The Balaban J connectivity index is 2.80. The highest BCUT2D eigenvalue weighted by atomic mass is 35.5. The van der Waals surface area contributed by atoms with E-state index in [1.165, 1.54) is 0 Å². The van der Waals surface area contributed by atoms with Crippen molar-refractivity contribution < 1.29 is 5.21 Å². The number of benzene rings is 1. The van der Waals surface area contributed by atoms with E-state index >= 15 is 0 Å². The zero-order valence-corrected chi connectivity index (χ0v) is 11.8. The highest BCUT2D eigenvalue weighted by Crippen LogP contribution is 2.19. The molecule has 0 aliphatic carbocycles. The monoisotopic (exact) mass is 269 g/mol. The van der Waals surface area contributed by atoms with E-state index in [1.54, 1.807) is 12.1 Å². The molecule has 0 amide bonds. The normalized spacial score (nSPS) is 12.4. The number of nitrogens with zero attached hydrogens (tertiary/aromatic N) is 2. The molecule has 1 aromatic carbocycles. The van der Waals surface area contributed by atoms with Gasteiger partial charge in [-0.3, -0.25) is 0 Å². The van der Waals surface area contributed by atoms with Crippen LogP contribution in [-0.2, 0) is 6.54 Å². The van der Waals surface area contributed by atoms with E-state index in [0.717, 1.165) is 18.7 Å². The number of nitrogens with two attached hydrogens (primary N) is 1. The van der Waals surface area contributed by atoms with Gasteiger partial charge in [-0.15, -0.1) is 0 Å². The fourth-order valence-electron chi connectivity index (χ4n) is 1.87. The van der Waals surface area contributed by atoms with Crippen LogP contribution in [0.1, 0.15) is 25.0 Å². The molecule has 0 saturated carbocycles. The fraction of sp³-hybridized carbons (Fsp3) is 0.462. The van der Waals surface area contributed by atoms with Gasteiger partial charge in [0, 0.05) is 23.7 Å². The molecule has 0 heterocycles. The maximum absolute atomic E-state index is 8.60. The van der Waals surface area contributed by atoms with Crippen molar-refractivity contribution in [1.82, 2.24) is 4.90 Å². The molecule has 0 atom stereocenters. The molecule has 0 aliphatic rings. The van der Waals surface area contributed by atoms with Crippen LogP contribution >= 0.6 is 11.6 Å². The van der Waals surface area contributed by atoms with E-state index in [1.807, 2.05) is 6.07 Å². The Morgan fingerprint density at radius 2 is 2.17 bits per heavy atom. The summed E-state index contributed by atoms with van der Waals surface area (Å²) in [6, 6.07) is 5.43. The van der Waals surface area contributed by atoms with Gasteiger partial charge in [0.1, 0.15) is 0 Å². The predicted molar refractivity (Wildman–Crippen MR) is 75.1 cm³/mol. The van der Waals surface area contributed by atoms with Gasteiger partial charge < -0.3 is 15.8 Å². The van der Waals surface area contributed by atoms with Crippen molar-refractivity contribution in [3.63, 3.8) is 0 Å². The van der Waals surface area contributed by atoms with Gasteiger partial charge in [0.15, 0.2) is 5.84 Å². The van der Waals surface area contributed by atoms with Gasteiger partial charge in [-0.05, 0) is 24.6 Å². The number of halogens is 1. The second kappa shape index (κ2) is 6.61. The number of hydrogen-bond acceptors (Lipinski definition) is 3. The summed E-state index contributed by atoms with van der Waals surface area (Å²) in [7, 11) is 2.06. The van der Waals surface area contributed by atoms with Crippen molar-refractivity contribution in [1.29, 1.82) is 0 Å². The molecule has 0 spiro atoms. The zero-order chi connectivity index (χ0) is 13.7. The van der Waals surface area contributed by atoms with Crippen molar-refractivity contribution in [3.8, 4) is 0 Å². The second-order valence-electron chi connectivity index (χ2n) is 4.88. The molecule has 100 valence electrons. The lowest BCUT2D eigenvalue weighted by Crippen LogP contribution is -2.23. The summed E-state index contributed by atoms with van der Waals surface area (Å²) in [5.74, 6) is 0.684. The van der Waals surface area contributed by atoms with E-state index in [9.17, 15) is 0 Å². The van der Waals surface area contributed by atoms with Crippen LogP contribution in [0.15, 0.2) is 23.4 Å². The molecule has 0 fully saturated rings. The van der Waals surface area contributed by atoms with Crippen molar-refractivity contribution in [2.75, 3.05) is 13.6 Å². The quantitative estimate of drug-likeness (QED) is 0.374. The third kappa shape index (κ3) is 4.20. The summed E-state index contributed by atoms with van der Waals surface area (Å²) >= 11 is 6.19. The van der Waals surface area contributed by atoms with E-state index in [2.05, 4.69) is 31.0 Å². The van der Waals surface area contributed by atoms with Crippen LogP contribution in [0.5, 0.6) is 0 Å². The summed E-state index contributed by atoms with van der Waals surface area (Å²) in [5.41, 5.74) is 7.17. The van der Waals surface area contributed by atoms with Crippen LogP contribution in [0.3, 0.4) is 0 Å². The Morgan fingerprint density at radius 3 is 2.67 bits per heavy atom. The molecule has 0 unspecified atom stereocenters. The minimum atomic E-state index is 0.0685. The zero-order valence-electron chi connectivity index (χ0n) is 11.0. The number of amidine groups is 1. The average molecular weight is 270 g/mol. The van der Waals surface area contributed by atoms with Gasteiger partial charge >= 0.3 is 0 Å². The molecule has 4 nitrogen and oxygen atoms in total. The first kappa shape index (κ1) is 14.8. The summed E-state index contributed by atoms with van der Waals surface area (Å²) in [6.07, 6.45) is 0. The van der Waals surface area contributed by atoms with Crippen molar-refractivity contribution in [2.45, 2.75) is 20.4 Å². The highest BCUT2D eigenvalue weighted by molar-refractivity contribution is 6.31. The highest BCUT2D eigenvalue weighted by Gasteiger charge is 2.08. The second-order valence-corrected chi connectivity index (χ2v) is 5.29. The molecule has 0 bridgehead atoms. The van der Waals surface area contributed by atoms with Crippen molar-refractivity contribution in [2.24, 2.45) is 16.8 Å². The van der Waals surface area contributed by atoms with Gasteiger partial charge in [0.25, 0.3) is 0 Å². The van der Waals surface area contributed by atoms with Gasteiger partial charge in [-0.1, -0.05) is 42.7 Å². The Labute approximate surface area is 113 Å². The maximum Gasteiger partial charge on any atom is 0.170 e. The molecule has 0 radical (unpaired) electrons. The Morgan fingerprint density at radius 1 is 1.50 bits per heavy atom. The van der Waals surface area contributed by atoms with Crippen molar-refractivity contribution >= 4 is 17.4 Å². The lowest BCUT2D eigenvalue weighted by Gasteiger charge is -2.19. The number of hydrogen-bond donors (Lipinski definition) is 2. The van der Waals surface area contributed by atoms with E-state index < -0.39 is 0 Å². The van der Waals surface area contributed by atoms with E-state index in [0.29, 0.717) is 16.5 Å². The summed E-state index contributed by atoms with van der Waals surface area (Å²) < 4.78 is 0. The van der Waals surface area contributed by atoms with Gasteiger partial charge in [0.05, 0.1) is 0 Å². The van der Waals surface area contributed by atoms with Crippen LogP contribution in [0, 0.1) is 5.92 Å². The third-order valence-corrected chi connectivity index (χ3v) is 2.93. The maximum atomic E-state index is 8.60. The molecule has 18 heavy (non-hydrogen) atoms. The lowest BCUT2D eigenvalue weighted by molar-refractivity contribution is 0.288. The third-order valence-electron chi connectivity index (χ3n) is 2.57. The number of oxime groups is 1. The largest absolute Gasteiger partial charge is 0.409 e. The topological polar surface area (TPSA) is 61.8 Å². The average Bonchev–Trinajstić information content (AvgIpc) is 2.29. The predicted octanol–water partition coefficient (Wildman–Crippen LogP) is 2.52. The van der Waals surface area contributed by atoms with Crippen LogP contribution in [0.25, 0.3) is 0 Å². The van der Waals surface area contributed by atoms with Gasteiger partial charge in [-0.25, -0.2) is 0 Å². The fourth-order valence-corrected chi connectivity index (χ4v) is 2.11. The summed E-state index contributed by atoms with van der Waals surface area (Å²) in [5, 5.41) is 12.2. The van der Waals surface area contributed by atoms with Gasteiger partial charge in [-0.2, -0.15) is 0 Å². The molecule has 3 N–H and O–H groups in total. The van der Waals surface area contributed by atoms with E-state index in [4.69, 9.17) is 22.5 Å². The van der Waals surface area contributed by atoms with Crippen LogP contribution in [0.2, 0.25) is 5.02 Å². The minimum absolute atomic E-state index is 0.0685. The van der Waals surface area contributed by atoms with Crippen LogP contribution < -0.4 is 5.73 Å². The first-order valence-corrected chi connectivity index (χ1v) is 6.26. The minimum Gasteiger partial charge on any atom is -0.409 e. The smallest absolute Gasteiger partial charge is 0.170 e. The first-order chi connectivity index (χ1) is 8.43. The summed E-state index contributed by atoms with van der Waals surface area (Å²) in [6.45, 7) is 6.16. The Bertz CT molecular complexity index is 432. The lowest BCUT2D eigenvalue weighted by atomic mass is 10.1. The molecule has 1 aromatic rings. The first-order valence-electron chi connectivity index (χ1n) is 5.89. The molecule has 0 aliphatic heterocycles. The molecule has 5 heteroatoms. The van der Waals surface area contributed by atoms with E-state index in [-0.39, 0.29) is 5.84 Å². The summed E-state index contributed by atoms with van der Waals surface area (Å²) in [4.78, 5) is 2.22. The molecular formula is C13H20ClN3O. The Hall–Kier alpha value is -1.26. The SMILES string of the molecule is CC(C)CN(C)Cc1ccc(/C(N)=N/O)cc1Cl. The molecule has 0 aromatic heterocycles. The molecule has 1 rings (SSSR count). The standard InChI is InChI=1S/C13H20ClN3O/c1-9(2)7-17(3)8-11-5-4-10(6-12(11)14)13(15)16-18/h4-6,9,18H,7-8H2,1-3H3,(H2,15,16).